The van der Waals surface area contributed by atoms with Gasteiger partial charge >= 0.3 is 5.97 Å². The van der Waals surface area contributed by atoms with Gasteiger partial charge in [-0.05, 0) is 19.1 Å². The minimum absolute atomic E-state index is 0.0333. The Kier molecular flexibility index (Phi) is 2.93. The Bertz CT molecular complexity index is 358. The van der Waals surface area contributed by atoms with Crippen LogP contribution in [0, 0.1) is 6.92 Å². The Balaban J connectivity index is 3.19. The number of phenolic OH excluding ortho intramolecular Hbond substituents is 1. The lowest BCUT2D eigenvalue weighted by Gasteiger charge is -2.07. The zero-order valence-corrected chi connectivity index (χ0v) is 7.77. The first-order chi connectivity index (χ1) is 6.57. The molecular formula is C9H10O5. The van der Waals surface area contributed by atoms with Crippen molar-refractivity contribution in [3.63, 3.8) is 0 Å². The monoisotopic (exact) mass is 198 g/mol. The molecule has 0 spiro atoms. The standard InChI is InChI=1S/C9H10O5/c1-5-6(9(11)12)3-4-7(8(5)10)14-13-2/h3-4,10H,1-2H3,(H,11,12). The van der Waals surface area contributed by atoms with Crippen molar-refractivity contribution in [3.8, 4) is 11.5 Å². The Hall–Kier alpha value is -1.75. The van der Waals surface area contributed by atoms with E-state index in [0.29, 0.717) is 0 Å². The van der Waals surface area contributed by atoms with Gasteiger partial charge in [-0.1, -0.05) is 0 Å². The summed E-state index contributed by atoms with van der Waals surface area (Å²) in [5.41, 5.74) is 0.276. The molecule has 5 nitrogen and oxygen atoms in total. The Morgan fingerprint density at radius 2 is 2.07 bits per heavy atom. The molecular weight excluding hydrogens is 188 g/mol. The summed E-state index contributed by atoms with van der Waals surface area (Å²) >= 11 is 0. The van der Waals surface area contributed by atoms with Gasteiger partial charge in [0.2, 0.25) is 5.75 Å². The number of carboxylic acids is 1. The maximum Gasteiger partial charge on any atom is 0.336 e. The number of phenols is 1. The van der Waals surface area contributed by atoms with Gasteiger partial charge in [0.25, 0.3) is 0 Å². The highest BCUT2D eigenvalue weighted by molar-refractivity contribution is 5.90. The van der Waals surface area contributed by atoms with Crippen LogP contribution in [0.5, 0.6) is 11.5 Å². The second-order valence-electron chi connectivity index (χ2n) is 2.64. The third kappa shape index (κ3) is 1.77. The van der Waals surface area contributed by atoms with Crippen molar-refractivity contribution in [3.05, 3.63) is 23.3 Å². The van der Waals surface area contributed by atoms with E-state index in [2.05, 4.69) is 9.78 Å². The minimum Gasteiger partial charge on any atom is -0.504 e. The number of aromatic carboxylic acids is 1. The number of benzene rings is 1. The highest BCUT2D eigenvalue weighted by Crippen LogP contribution is 2.31. The molecule has 0 aromatic heterocycles. The molecule has 0 saturated heterocycles. The SMILES string of the molecule is COOc1ccc(C(=O)O)c(C)c1O. The molecule has 0 radical (unpaired) electrons. The van der Waals surface area contributed by atoms with Crippen LogP contribution in [-0.4, -0.2) is 23.3 Å². The van der Waals surface area contributed by atoms with Crippen LogP contribution in [0.15, 0.2) is 12.1 Å². The van der Waals surface area contributed by atoms with Gasteiger partial charge in [0.15, 0.2) is 5.75 Å². The zero-order chi connectivity index (χ0) is 10.7. The van der Waals surface area contributed by atoms with Gasteiger partial charge in [0, 0.05) is 5.56 Å². The highest BCUT2D eigenvalue weighted by atomic mass is 17.2. The second-order valence-corrected chi connectivity index (χ2v) is 2.64. The van der Waals surface area contributed by atoms with Gasteiger partial charge in [-0.25, -0.2) is 4.79 Å². The first-order valence-corrected chi connectivity index (χ1v) is 3.84. The molecule has 0 atom stereocenters. The summed E-state index contributed by atoms with van der Waals surface area (Å²) in [6.45, 7) is 1.49. The quantitative estimate of drug-likeness (QED) is 0.566. The van der Waals surface area contributed by atoms with E-state index in [9.17, 15) is 9.90 Å². The fraction of sp³-hybridized carbons (Fsp3) is 0.222. The summed E-state index contributed by atoms with van der Waals surface area (Å²) in [6.07, 6.45) is 0. The smallest absolute Gasteiger partial charge is 0.336 e. The van der Waals surface area contributed by atoms with Crippen LogP contribution < -0.4 is 4.89 Å². The summed E-state index contributed by atoms with van der Waals surface area (Å²) in [5, 5.41) is 18.2. The number of aromatic hydroxyl groups is 1. The number of carbonyl (C=O) groups is 1. The van der Waals surface area contributed by atoms with Crippen LogP contribution in [-0.2, 0) is 4.89 Å². The van der Waals surface area contributed by atoms with Gasteiger partial charge in [-0.15, -0.1) is 0 Å². The normalized spacial score (nSPS) is 9.86. The zero-order valence-electron chi connectivity index (χ0n) is 7.77. The van der Waals surface area contributed by atoms with Gasteiger partial charge in [0.05, 0.1) is 12.7 Å². The summed E-state index contributed by atoms with van der Waals surface area (Å²) < 4.78 is 0. The molecule has 0 heterocycles. The van der Waals surface area contributed by atoms with Crippen molar-refractivity contribution in [2.24, 2.45) is 0 Å². The third-order valence-corrected chi connectivity index (χ3v) is 1.80. The molecule has 0 bridgehead atoms. The topological polar surface area (TPSA) is 76.0 Å². The van der Waals surface area contributed by atoms with Crippen LogP contribution in [0.25, 0.3) is 0 Å². The predicted molar refractivity (Wildman–Crippen MR) is 47.4 cm³/mol. The molecule has 1 rings (SSSR count). The highest BCUT2D eigenvalue weighted by Gasteiger charge is 2.14. The van der Waals surface area contributed by atoms with Gasteiger partial charge < -0.3 is 15.1 Å². The summed E-state index contributed by atoms with van der Waals surface area (Å²) in [6, 6.07) is 2.67. The maximum atomic E-state index is 10.7. The Labute approximate surface area is 80.4 Å². The molecule has 1 aromatic rings. The summed E-state index contributed by atoms with van der Waals surface area (Å²) in [5.74, 6) is -1.23. The van der Waals surface area contributed by atoms with Crippen LogP contribution in [0.4, 0.5) is 0 Å². The molecule has 1 aromatic carbocycles. The first kappa shape index (κ1) is 10.3. The van der Waals surface area contributed by atoms with E-state index in [0.717, 1.165) is 0 Å². The van der Waals surface area contributed by atoms with E-state index in [4.69, 9.17) is 5.11 Å². The molecule has 0 unspecified atom stereocenters. The lowest BCUT2D eigenvalue weighted by molar-refractivity contribution is -0.179. The van der Waals surface area contributed by atoms with E-state index >= 15 is 0 Å². The van der Waals surface area contributed by atoms with Crippen LogP contribution in [0.2, 0.25) is 0 Å². The van der Waals surface area contributed by atoms with Gasteiger partial charge in [-0.2, -0.15) is 4.89 Å². The molecule has 5 heteroatoms. The van der Waals surface area contributed by atoms with E-state index in [1.807, 2.05) is 0 Å². The minimum atomic E-state index is -1.10. The van der Waals surface area contributed by atoms with Crippen molar-refractivity contribution in [1.82, 2.24) is 0 Å². The van der Waals surface area contributed by atoms with Crippen molar-refractivity contribution >= 4 is 5.97 Å². The molecule has 0 fully saturated rings. The van der Waals surface area contributed by atoms with Gasteiger partial charge in [-0.3, -0.25) is 0 Å². The molecule has 0 aliphatic rings. The number of rotatable bonds is 3. The van der Waals surface area contributed by atoms with Crippen LogP contribution in [0.1, 0.15) is 15.9 Å². The van der Waals surface area contributed by atoms with Crippen molar-refractivity contribution in [2.75, 3.05) is 7.11 Å². The molecule has 0 aliphatic heterocycles. The van der Waals surface area contributed by atoms with Crippen LogP contribution >= 0.6 is 0 Å². The Morgan fingerprint density at radius 1 is 1.43 bits per heavy atom. The average Bonchev–Trinajstić information content (AvgIpc) is 2.13. The first-order valence-electron chi connectivity index (χ1n) is 3.84. The van der Waals surface area contributed by atoms with Crippen molar-refractivity contribution in [1.29, 1.82) is 0 Å². The number of hydrogen-bond acceptors (Lipinski definition) is 4. The molecule has 0 amide bonds. The van der Waals surface area contributed by atoms with Crippen molar-refractivity contribution in [2.45, 2.75) is 6.92 Å². The largest absolute Gasteiger partial charge is 0.504 e. The van der Waals surface area contributed by atoms with E-state index in [-0.39, 0.29) is 22.6 Å². The lowest BCUT2D eigenvalue weighted by Crippen LogP contribution is -2.01. The number of carboxylic acid groups (broad SMARTS) is 1. The molecule has 2 N–H and O–H groups in total. The number of hydrogen-bond donors (Lipinski definition) is 2. The summed E-state index contributed by atoms with van der Waals surface area (Å²) in [7, 11) is 1.29. The summed E-state index contributed by atoms with van der Waals surface area (Å²) in [4.78, 5) is 19.6. The molecule has 14 heavy (non-hydrogen) atoms. The predicted octanol–water partition coefficient (Wildman–Crippen LogP) is 1.34. The second kappa shape index (κ2) is 3.97. The molecule has 0 saturated carbocycles. The molecule has 76 valence electrons. The fourth-order valence-electron chi connectivity index (χ4n) is 1.06. The van der Waals surface area contributed by atoms with E-state index < -0.39 is 5.97 Å². The Morgan fingerprint density at radius 3 is 2.57 bits per heavy atom. The fourth-order valence-corrected chi connectivity index (χ4v) is 1.06. The third-order valence-electron chi connectivity index (χ3n) is 1.80. The molecule has 0 aliphatic carbocycles. The van der Waals surface area contributed by atoms with E-state index in [1.54, 1.807) is 0 Å². The van der Waals surface area contributed by atoms with Gasteiger partial charge in [0.1, 0.15) is 0 Å². The van der Waals surface area contributed by atoms with E-state index in [1.165, 1.54) is 26.2 Å². The van der Waals surface area contributed by atoms with Crippen LogP contribution in [0.3, 0.4) is 0 Å². The average molecular weight is 198 g/mol. The lowest BCUT2D eigenvalue weighted by atomic mass is 10.1. The van der Waals surface area contributed by atoms with Crippen molar-refractivity contribution < 1.29 is 24.8 Å². The maximum absolute atomic E-state index is 10.7.